The monoisotopic (exact) mass is 390 g/mol. The minimum Gasteiger partial charge on any atom is -0.339 e. The number of carbonyl (C=O) groups excluding carboxylic acids is 1. The van der Waals surface area contributed by atoms with Crippen molar-refractivity contribution in [2.75, 3.05) is 26.2 Å². The summed E-state index contributed by atoms with van der Waals surface area (Å²) in [4.78, 5) is 18.3. The molecule has 136 valence electrons. The lowest BCUT2D eigenvalue weighted by molar-refractivity contribution is -0.132. The first-order chi connectivity index (χ1) is 12.6. The number of hydrogen-bond acceptors (Lipinski definition) is 3. The summed E-state index contributed by atoms with van der Waals surface area (Å²) in [5.41, 5.74) is 2.20. The molecule has 3 nitrogen and oxygen atoms in total. The highest BCUT2D eigenvalue weighted by Gasteiger charge is 2.32. The third-order valence-electron chi connectivity index (χ3n) is 5.02. The number of nitrogens with zero attached hydrogens (tertiary/aromatic N) is 2. The van der Waals surface area contributed by atoms with Crippen LogP contribution >= 0.6 is 23.4 Å². The van der Waals surface area contributed by atoms with Crippen LogP contribution in [-0.2, 0) is 17.8 Å². The second kappa shape index (κ2) is 7.59. The van der Waals surface area contributed by atoms with Crippen LogP contribution in [0, 0.1) is 5.82 Å². The Balaban J connectivity index is 1.32. The molecular formula is C20H20ClFN2OS. The molecule has 2 aliphatic rings. The Morgan fingerprint density at radius 1 is 1.15 bits per heavy atom. The highest BCUT2D eigenvalue weighted by Crippen LogP contribution is 2.37. The number of halogens is 2. The zero-order valence-electron chi connectivity index (χ0n) is 14.3. The van der Waals surface area contributed by atoms with Gasteiger partial charge < -0.3 is 4.90 Å². The van der Waals surface area contributed by atoms with Crippen molar-refractivity contribution in [3.63, 3.8) is 0 Å². The van der Waals surface area contributed by atoms with Gasteiger partial charge in [0, 0.05) is 42.6 Å². The van der Waals surface area contributed by atoms with E-state index in [0.717, 1.165) is 38.2 Å². The Hall–Kier alpha value is -1.56. The maximum atomic E-state index is 13.2. The highest BCUT2D eigenvalue weighted by molar-refractivity contribution is 8.01. The fourth-order valence-corrected chi connectivity index (χ4v) is 5.05. The molecule has 0 radical (unpaired) electrons. The van der Waals surface area contributed by atoms with Crippen molar-refractivity contribution in [1.29, 1.82) is 0 Å². The maximum Gasteiger partial charge on any atom is 0.236 e. The number of fused-ring (bicyclic) bond motifs is 1. The van der Waals surface area contributed by atoms with E-state index in [4.69, 9.17) is 11.6 Å². The first kappa shape index (κ1) is 17.8. The van der Waals surface area contributed by atoms with Crippen LogP contribution in [0.2, 0.25) is 5.02 Å². The molecule has 2 aliphatic heterocycles. The van der Waals surface area contributed by atoms with E-state index in [2.05, 4.69) is 17.0 Å². The van der Waals surface area contributed by atoms with Gasteiger partial charge in [0.2, 0.25) is 5.91 Å². The normalized spacial score (nSPS) is 20.2. The molecule has 1 amide bonds. The molecule has 1 fully saturated rings. The topological polar surface area (TPSA) is 23.6 Å². The number of thioether (sulfide) groups is 1. The van der Waals surface area contributed by atoms with E-state index in [-0.39, 0.29) is 17.0 Å². The third kappa shape index (κ3) is 3.75. The van der Waals surface area contributed by atoms with Crippen LogP contribution < -0.4 is 0 Å². The lowest BCUT2D eigenvalue weighted by Gasteiger charge is -2.36. The average molecular weight is 391 g/mol. The van der Waals surface area contributed by atoms with E-state index >= 15 is 0 Å². The van der Waals surface area contributed by atoms with Crippen LogP contribution in [-0.4, -0.2) is 47.1 Å². The summed E-state index contributed by atoms with van der Waals surface area (Å²) < 4.78 is 13.2. The molecule has 1 atom stereocenters. The lowest BCUT2D eigenvalue weighted by atomic mass is 10.1. The second-order valence-electron chi connectivity index (χ2n) is 6.76. The van der Waals surface area contributed by atoms with E-state index in [1.807, 2.05) is 17.0 Å². The number of piperazine rings is 1. The maximum absolute atomic E-state index is 13.2. The zero-order valence-corrected chi connectivity index (χ0v) is 15.9. The van der Waals surface area contributed by atoms with E-state index in [1.54, 1.807) is 17.8 Å². The molecule has 0 aromatic heterocycles. The Kier molecular flexibility index (Phi) is 5.20. The number of carbonyl (C=O) groups is 1. The predicted octanol–water partition coefficient (Wildman–Crippen LogP) is 3.84. The summed E-state index contributed by atoms with van der Waals surface area (Å²) in [6.07, 6.45) is 0.824. The lowest BCUT2D eigenvalue weighted by Crippen LogP contribution is -2.50. The molecule has 2 aromatic carbocycles. The quantitative estimate of drug-likeness (QED) is 0.795. The van der Waals surface area contributed by atoms with Crippen LogP contribution in [0.15, 0.2) is 47.4 Å². The van der Waals surface area contributed by atoms with E-state index in [0.29, 0.717) is 11.6 Å². The molecule has 0 spiro atoms. The molecule has 6 heteroatoms. The van der Waals surface area contributed by atoms with Gasteiger partial charge in [-0.3, -0.25) is 9.69 Å². The Morgan fingerprint density at radius 3 is 2.65 bits per heavy atom. The van der Waals surface area contributed by atoms with Crippen LogP contribution in [0.3, 0.4) is 0 Å². The molecule has 1 unspecified atom stereocenters. The van der Waals surface area contributed by atoms with Crippen molar-refractivity contribution in [3.8, 4) is 0 Å². The summed E-state index contributed by atoms with van der Waals surface area (Å²) in [5, 5.41) is 0.467. The molecular weight excluding hydrogens is 371 g/mol. The van der Waals surface area contributed by atoms with Crippen LogP contribution in [0.4, 0.5) is 4.39 Å². The summed E-state index contributed by atoms with van der Waals surface area (Å²) >= 11 is 7.81. The zero-order chi connectivity index (χ0) is 18.1. The molecule has 0 bridgehead atoms. The molecule has 26 heavy (non-hydrogen) atoms. The standard InChI is InChI=1S/C20H20ClFN2OS/c21-17-12-16(22)6-5-15(17)13-23-7-9-24(10-8-23)20(25)19-11-14-3-1-2-4-18(14)26-19/h1-6,12,19H,7-11,13H2. The van der Waals surface area contributed by atoms with Gasteiger partial charge in [-0.25, -0.2) is 4.39 Å². The van der Waals surface area contributed by atoms with Gasteiger partial charge in [0.15, 0.2) is 0 Å². The van der Waals surface area contributed by atoms with Crippen LogP contribution in [0.5, 0.6) is 0 Å². The smallest absolute Gasteiger partial charge is 0.236 e. The number of benzene rings is 2. The first-order valence-electron chi connectivity index (χ1n) is 8.80. The van der Waals surface area contributed by atoms with Gasteiger partial charge in [-0.05, 0) is 35.7 Å². The third-order valence-corrected chi connectivity index (χ3v) is 6.67. The van der Waals surface area contributed by atoms with Gasteiger partial charge in [0.05, 0.1) is 5.25 Å². The van der Waals surface area contributed by atoms with Gasteiger partial charge in [0.25, 0.3) is 0 Å². The van der Waals surface area contributed by atoms with Crippen molar-refractivity contribution in [1.82, 2.24) is 9.80 Å². The SMILES string of the molecule is O=C(C1Cc2ccccc2S1)N1CCN(Cc2ccc(F)cc2Cl)CC1. The molecule has 0 aliphatic carbocycles. The molecule has 1 saturated heterocycles. The minimum absolute atomic E-state index is 0.00509. The number of hydrogen-bond donors (Lipinski definition) is 0. The number of rotatable bonds is 3. The molecule has 2 aromatic rings. The van der Waals surface area contributed by atoms with Gasteiger partial charge in [0.1, 0.15) is 5.82 Å². The number of amides is 1. The van der Waals surface area contributed by atoms with Crippen molar-refractivity contribution in [2.24, 2.45) is 0 Å². The Bertz CT molecular complexity index is 798. The summed E-state index contributed by atoms with van der Waals surface area (Å²) in [6, 6.07) is 12.8. The minimum atomic E-state index is -0.316. The molecule has 0 N–H and O–H groups in total. The fraction of sp³-hybridized carbons (Fsp3) is 0.350. The molecule has 2 heterocycles. The van der Waals surface area contributed by atoms with Gasteiger partial charge >= 0.3 is 0 Å². The summed E-state index contributed by atoms with van der Waals surface area (Å²) in [7, 11) is 0. The first-order valence-corrected chi connectivity index (χ1v) is 10.1. The summed E-state index contributed by atoms with van der Waals surface area (Å²) in [6.45, 7) is 3.76. The Morgan fingerprint density at radius 2 is 1.92 bits per heavy atom. The van der Waals surface area contributed by atoms with E-state index in [1.165, 1.54) is 22.6 Å². The van der Waals surface area contributed by atoms with Crippen molar-refractivity contribution >= 4 is 29.3 Å². The van der Waals surface area contributed by atoms with Crippen LogP contribution in [0.25, 0.3) is 0 Å². The van der Waals surface area contributed by atoms with Crippen LogP contribution in [0.1, 0.15) is 11.1 Å². The van der Waals surface area contributed by atoms with Gasteiger partial charge in [-0.15, -0.1) is 11.8 Å². The molecule has 0 saturated carbocycles. The van der Waals surface area contributed by atoms with Gasteiger partial charge in [-0.1, -0.05) is 35.9 Å². The predicted molar refractivity (Wildman–Crippen MR) is 103 cm³/mol. The van der Waals surface area contributed by atoms with Crippen molar-refractivity contribution < 1.29 is 9.18 Å². The van der Waals surface area contributed by atoms with E-state index in [9.17, 15) is 9.18 Å². The highest BCUT2D eigenvalue weighted by atomic mass is 35.5. The summed E-state index contributed by atoms with van der Waals surface area (Å²) in [5.74, 6) is -0.0742. The Labute approximate surface area is 162 Å². The molecule has 4 rings (SSSR count). The van der Waals surface area contributed by atoms with Crippen molar-refractivity contribution in [3.05, 3.63) is 64.4 Å². The fourth-order valence-electron chi connectivity index (χ4n) is 3.54. The van der Waals surface area contributed by atoms with E-state index < -0.39 is 0 Å². The largest absolute Gasteiger partial charge is 0.339 e. The average Bonchev–Trinajstić information content (AvgIpc) is 3.08. The van der Waals surface area contributed by atoms with Gasteiger partial charge in [-0.2, -0.15) is 0 Å². The second-order valence-corrected chi connectivity index (χ2v) is 8.41. The van der Waals surface area contributed by atoms with Crippen molar-refractivity contribution in [2.45, 2.75) is 23.1 Å².